The Labute approximate surface area is 357 Å². The van der Waals surface area contributed by atoms with Crippen molar-refractivity contribution in [1.82, 2.24) is 5.32 Å². The van der Waals surface area contributed by atoms with Crippen molar-refractivity contribution in [2.24, 2.45) is 11.5 Å². The zero-order valence-electron chi connectivity index (χ0n) is 34.6. The Hall–Kier alpha value is -3.45. The van der Waals surface area contributed by atoms with Crippen molar-refractivity contribution >= 4 is 50.3 Å². The minimum absolute atomic E-state index is 0. The van der Waals surface area contributed by atoms with E-state index in [1.807, 2.05) is 57.2 Å². The zero-order valence-corrected chi connectivity index (χ0v) is 37.8. The lowest BCUT2D eigenvalue weighted by Gasteiger charge is -2.23. The zero-order chi connectivity index (χ0) is 42.2. The van der Waals surface area contributed by atoms with Crippen LogP contribution in [0.3, 0.4) is 0 Å². The molecule has 3 aliphatic carbocycles. The molecular formula is C45H65Br2N3O7. The Bertz CT molecular complexity index is 1770. The van der Waals surface area contributed by atoms with Crippen LogP contribution < -0.4 is 16.8 Å². The van der Waals surface area contributed by atoms with Crippen molar-refractivity contribution in [2.45, 2.75) is 155 Å². The Kier molecular flexibility index (Phi) is 17.4. The summed E-state index contributed by atoms with van der Waals surface area (Å²) in [6.45, 7) is 17.8. The maximum Gasteiger partial charge on any atom is 0.519 e. The summed E-state index contributed by atoms with van der Waals surface area (Å²) in [7, 11) is 0. The van der Waals surface area contributed by atoms with Crippen molar-refractivity contribution in [2.75, 3.05) is 0 Å². The van der Waals surface area contributed by atoms with Gasteiger partial charge in [-0.2, -0.15) is 0 Å². The van der Waals surface area contributed by atoms with Crippen molar-refractivity contribution in [3.8, 4) is 0 Å². The first-order valence-corrected chi connectivity index (χ1v) is 20.7. The molecule has 3 fully saturated rings. The second-order valence-corrected chi connectivity index (χ2v) is 19.5. The van der Waals surface area contributed by atoms with Crippen LogP contribution in [0.5, 0.6) is 0 Å². The first-order chi connectivity index (χ1) is 25.8. The lowest BCUT2D eigenvalue weighted by molar-refractivity contribution is -0.0294. The summed E-state index contributed by atoms with van der Waals surface area (Å²) in [6, 6.07) is 25.0. The number of halogens is 2. The smallest absolute Gasteiger partial charge is 0.444 e. The van der Waals surface area contributed by atoms with Crippen molar-refractivity contribution in [3.63, 3.8) is 0 Å². The molecule has 3 saturated carbocycles. The van der Waals surface area contributed by atoms with Gasteiger partial charge in [-0.1, -0.05) is 94.7 Å². The van der Waals surface area contributed by atoms with Gasteiger partial charge in [0.15, 0.2) is 0 Å². The van der Waals surface area contributed by atoms with Gasteiger partial charge in [0, 0.05) is 20.0 Å². The van der Waals surface area contributed by atoms with Crippen LogP contribution in [0.1, 0.15) is 137 Å². The molecule has 6 rings (SSSR count). The molecule has 316 valence electrons. The minimum Gasteiger partial charge on any atom is -0.444 e. The van der Waals surface area contributed by atoms with Crippen LogP contribution in [0.25, 0.3) is 0 Å². The van der Waals surface area contributed by atoms with Gasteiger partial charge in [-0.3, -0.25) is 0 Å². The van der Waals surface area contributed by atoms with E-state index in [0.29, 0.717) is 0 Å². The van der Waals surface area contributed by atoms with Crippen LogP contribution in [0, 0.1) is 0 Å². The average Bonchev–Trinajstić information content (AvgIpc) is 3.98. The third kappa shape index (κ3) is 18.3. The monoisotopic (exact) mass is 917 g/mol. The van der Waals surface area contributed by atoms with Gasteiger partial charge in [0.05, 0.1) is 5.54 Å². The quantitative estimate of drug-likeness (QED) is 0.129. The van der Waals surface area contributed by atoms with E-state index < -0.39 is 29.1 Å². The number of hydrogen-bond donors (Lipinski definition) is 3. The van der Waals surface area contributed by atoms with Crippen molar-refractivity contribution in [1.29, 1.82) is 0 Å². The third-order valence-corrected chi connectivity index (χ3v) is 9.69. The topological polar surface area (TPSA) is 152 Å². The Morgan fingerprint density at radius 1 is 0.614 bits per heavy atom. The van der Waals surface area contributed by atoms with Gasteiger partial charge in [-0.15, -0.1) is 0 Å². The maximum absolute atomic E-state index is 11.8. The summed E-state index contributed by atoms with van der Waals surface area (Å²) in [5, 5.41) is 2.99. The van der Waals surface area contributed by atoms with E-state index in [1.165, 1.54) is 16.7 Å². The number of alkyl carbamates (subject to hydrolysis) is 1. The Balaban J connectivity index is 0.000000265. The van der Waals surface area contributed by atoms with Crippen LogP contribution in [-0.2, 0) is 42.0 Å². The van der Waals surface area contributed by atoms with E-state index in [4.69, 9.17) is 25.7 Å². The molecule has 0 unspecified atom stereocenters. The molecule has 0 radical (unpaired) electrons. The second kappa shape index (κ2) is 20.0. The summed E-state index contributed by atoms with van der Waals surface area (Å²) in [5.74, 6) is 0. The van der Waals surface area contributed by atoms with Gasteiger partial charge in [-0.05, 0) is 154 Å². The molecule has 0 spiro atoms. The molecule has 0 aromatic heterocycles. The number of carbonyl (C=O) groups excluding carboxylic acids is 3. The summed E-state index contributed by atoms with van der Waals surface area (Å²) >= 11 is 6.88. The molecular weight excluding hydrogens is 854 g/mol. The highest BCUT2D eigenvalue weighted by Crippen LogP contribution is 2.46. The van der Waals surface area contributed by atoms with Gasteiger partial charge in [0.1, 0.15) is 16.8 Å². The second-order valence-electron chi connectivity index (χ2n) is 17.6. The molecule has 3 aromatic carbocycles. The van der Waals surface area contributed by atoms with Gasteiger partial charge >= 0.3 is 18.4 Å². The van der Waals surface area contributed by atoms with Crippen LogP contribution in [0.2, 0.25) is 0 Å². The average molecular weight is 920 g/mol. The highest BCUT2D eigenvalue weighted by molar-refractivity contribution is 9.10. The molecule has 10 nitrogen and oxygen atoms in total. The fourth-order valence-corrected chi connectivity index (χ4v) is 6.05. The number of ether oxygens (including phenoxy) is 4. The maximum atomic E-state index is 11.8. The first-order valence-electron chi connectivity index (χ1n) is 19.1. The number of nitrogens with one attached hydrogen (secondary N) is 1. The largest absolute Gasteiger partial charge is 0.519 e. The predicted molar refractivity (Wildman–Crippen MR) is 235 cm³/mol. The molecule has 0 aliphatic heterocycles. The van der Waals surface area contributed by atoms with E-state index >= 15 is 0 Å². The summed E-state index contributed by atoms with van der Waals surface area (Å²) < 4.78 is 21.2. The van der Waals surface area contributed by atoms with Gasteiger partial charge in [-0.25, -0.2) is 14.4 Å². The molecule has 1 amide bonds. The summed E-state index contributed by atoms with van der Waals surface area (Å²) in [4.78, 5) is 33.8. The van der Waals surface area contributed by atoms with Crippen LogP contribution in [0.15, 0.2) is 81.7 Å². The molecule has 3 aromatic rings. The Morgan fingerprint density at radius 3 is 1.37 bits per heavy atom. The van der Waals surface area contributed by atoms with Gasteiger partial charge in [0.2, 0.25) is 0 Å². The Morgan fingerprint density at radius 2 is 1.00 bits per heavy atom. The molecule has 5 N–H and O–H groups in total. The van der Waals surface area contributed by atoms with Gasteiger partial charge < -0.3 is 35.7 Å². The van der Waals surface area contributed by atoms with Crippen molar-refractivity contribution in [3.05, 3.63) is 104 Å². The van der Waals surface area contributed by atoms with Crippen LogP contribution in [0.4, 0.5) is 14.4 Å². The number of aryl methyl sites for hydroxylation is 1. The molecule has 12 heteroatoms. The molecule has 0 heterocycles. The molecule has 0 bridgehead atoms. The highest BCUT2D eigenvalue weighted by atomic mass is 79.9. The third-order valence-electron chi connectivity index (χ3n) is 8.70. The number of rotatable bonds is 5. The lowest BCUT2D eigenvalue weighted by atomic mass is 10.0. The standard InChI is InChI=1S/C14H18BrNO2.C11H15N.C10H18O5.C9H10BrN.CH4/c1-13(2,3)18-12(17)16-14(7-8-14)10-5-4-6-11(15)9-10;1-2-9-4-3-5-10(8-9)11(12)6-7-11;1-9(2,3)14-7(11)13-8(12)15-10(4,5)6;10-8-3-1-2-7(6-8)9(11)4-5-9;/h4-6,9H,7-8H2,1-3H3,(H,16,17);3-5,8H,2,6-7,12H2,1H3;1-6H3;1-3,6H,4-5,11H2;1H4. The SMILES string of the molecule is C.CC(C)(C)OC(=O)NC1(c2cccc(Br)c2)CC1.CC(C)(C)OC(=O)OC(=O)OC(C)(C)C.CCc1cccc(C2(N)CC2)c1.NC1(c2cccc(Br)c2)CC1. The fraction of sp³-hybridized carbons (Fsp3) is 0.533. The normalized spacial score (nSPS) is 16.4. The number of carbonyl (C=O) groups is 3. The first kappa shape index (κ1) is 49.7. The number of nitrogens with two attached hydrogens (primary N) is 2. The van der Waals surface area contributed by atoms with Gasteiger partial charge in [0.25, 0.3) is 0 Å². The highest BCUT2D eigenvalue weighted by Gasteiger charge is 2.46. The lowest BCUT2D eigenvalue weighted by Crippen LogP contribution is -2.39. The molecule has 57 heavy (non-hydrogen) atoms. The number of hydrogen-bond acceptors (Lipinski definition) is 9. The molecule has 0 atom stereocenters. The fourth-order valence-electron chi connectivity index (χ4n) is 5.25. The van der Waals surface area contributed by atoms with E-state index in [2.05, 4.69) is 85.2 Å². The number of amides is 1. The van der Waals surface area contributed by atoms with Crippen LogP contribution in [-0.4, -0.2) is 35.2 Å². The van der Waals surface area contributed by atoms with Crippen molar-refractivity contribution < 1.29 is 33.3 Å². The predicted octanol–water partition coefficient (Wildman–Crippen LogP) is 12.1. The van der Waals surface area contributed by atoms with Crippen LogP contribution >= 0.6 is 31.9 Å². The van der Waals surface area contributed by atoms with E-state index in [-0.39, 0.29) is 30.1 Å². The van der Waals surface area contributed by atoms with E-state index in [0.717, 1.165) is 59.5 Å². The minimum atomic E-state index is -1.06. The van der Waals surface area contributed by atoms with E-state index in [1.54, 1.807) is 41.5 Å². The number of benzene rings is 3. The molecule has 0 saturated heterocycles. The van der Waals surface area contributed by atoms with E-state index in [9.17, 15) is 14.4 Å². The summed E-state index contributed by atoms with van der Waals surface area (Å²) in [6.07, 6.45) is 5.12. The summed E-state index contributed by atoms with van der Waals surface area (Å²) in [5.41, 5.74) is 15.2. The molecule has 3 aliphatic rings.